The van der Waals surface area contributed by atoms with Gasteiger partial charge in [0.05, 0.1) is 30.0 Å². The van der Waals surface area contributed by atoms with Gasteiger partial charge in [0.1, 0.15) is 29.3 Å². The molecule has 0 aliphatic heterocycles. The maximum absolute atomic E-state index is 13.6. The van der Waals surface area contributed by atoms with Gasteiger partial charge in [-0.3, -0.25) is 9.48 Å². The monoisotopic (exact) mass is 407 g/mol. The van der Waals surface area contributed by atoms with Crippen LogP contribution in [0.3, 0.4) is 0 Å². The first-order chi connectivity index (χ1) is 14.5. The number of aromatic amines is 1. The largest absolute Gasteiger partial charge is 0.364 e. The third-order valence-electron chi connectivity index (χ3n) is 4.59. The summed E-state index contributed by atoms with van der Waals surface area (Å²) in [6.07, 6.45) is 3.10. The number of ether oxygens (including phenoxy) is 1. The molecule has 0 spiro atoms. The lowest BCUT2D eigenvalue weighted by Gasteiger charge is -2.12. The molecule has 0 aliphatic rings. The average molecular weight is 407 g/mol. The van der Waals surface area contributed by atoms with E-state index in [9.17, 15) is 9.18 Å². The third kappa shape index (κ3) is 3.58. The van der Waals surface area contributed by atoms with Gasteiger partial charge in [-0.1, -0.05) is 0 Å². The van der Waals surface area contributed by atoms with Crippen LogP contribution in [0.15, 0.2) is 30.6 Å². The zero-order chi connectivity index (χ0) is 21.3. The summed E-state index contributed by atoms with van der Waals surface area (Å²) in [5, 5.41) is 16.5. The standard InChI is InChI=1S/C20H18FN7O2/c1-11(10-30-6-5-22)25-20(29)14-8-23-19-18(14)26-15(9-24-19)17-13-4-3-12(21)7-16(13)28(2)27-17/h3-4,7-9,11H,6,10H2,1-2H3,(H,23,24)(H,25,29). The molecule has 4 aromatic rings. The van der Waals surface area contributed by atoms with Gasteiger partial charge < -0.3 is 15.0 Å². The number of carbonyl (C=O) groups excluding carboxylic acids is 1. The molecule has 2 N–H and O–H groups in total. The molecule has 1 atom stereocenters. The number of nitrogens with one attached hydrogen (secondary N) is 2. The zero-order valence-corrected chi connectivity index (χ0v) is 16.3. The number of halogens is 1. The quantitative estimate of drug-likeness (QED) is 0.473. The Morgan fingerprint density at radius 3 is 3.10 bits per heavy atom. The highest BCUT2D eigenvalue weighted by Gasteiger charge is 2.19. The number of aromatic nitrogens is 5. The highest BCUT2D eigenvalue weighted by atomic mass is 19.1. The van der Waals surface area contributed by atoms with Crippen LogP contribution in [0.2, 0.25) is 0 Å². The Labute approximate surface area is 170 Å². The van der Waals surface area contributed by atoms with Gasteiger partial charge in [0.15, 0.2) is 5.65 Å². The van der Waals surface area contributed by atoms with E-state index in [2.05, 4.69) is 25.4 Å². The van der Waals surface area contributed by atoms with Crippen molar-refractivity contribution in [2.75, 3.05) is 13.2 Å². The summed E-state index contributed by atoms with van der Waals surface area (Å²) in [6.45, 7) is 1.96. The van der Waals surface area contributed by atoms with Crippen LogP contribution in [0.4, 0.5) is 4.39 Å². The van der Waals surface area contributed by atoms with Crippen molar-refractivity contribution >= 4 is 28.0 Å². The fourth-order valence-electron chi connectivity index (χ4n) is 3.22. The van der Waals surface area contributed by atoms with Gasteiger partial charge in [0, 0.05) is 24.7 Å². The molecular formula is C20H18FN7O2. The van der Waals surface area contributed by atoms with Crippen LogP contribution >= 0.6 is 0 Å². The SMILES string of the molecule is CC(COCC#N)NC(=O)c1c[nH]c2ncc(-c3nn(C)c4cc(F)ccc34)nc12. The number of aryl methyl sites for hydroxylation is 1. The maximum Gasteiger partial charge on any atom is 0.255 e. The van der Waals surface area contributed by atoms with Crippen molar-refractivity contribution < 1.29 is 13.9 Å². The highest BCUT2D eigenvalue weighted by Crippen LogP contribution is 2.28. The molecule has 0 fully saturated rings. The molecule has 1 aromatic carbocycles. The number of benzene rings is 1. The first-order valence-corrected chi connectivity index (χ1v) is 9.20. The molecule has 0 saturated carbocycles. The number of amides is 1. The first-order valence-electron chi connectivity index (χ1n) is 9.20. The van der Waals surface area contributed by atoms with E-state index in [-0.39, 0.29) is 31.0 Å². The van der Waals surface area contributed by atoms with Crippen molar-refractivity contribution in [1.29, 1.82) is 5.26 Å². The topological polar surface area (TPSA) is 122 Å². The van der Waals surface area contributed by atoms with E-state index >= 15 is 0 Å². The van der Waals surface area contributed by atoms with Gasteiger partial charge in [-0.2, -0.15) is 10.4 Å². The lowest BCUT2D eigenvalue weighted by Crippen LogP contribution is -2.35. The van der Waals surface area contributed by atoms with E-state index in [4.69, 9.17) is 10.00 Å². The van der Waals surface area contributed by atoms with Crippen LogP contribution < -0.4 is 5.32 Å². The van der Waals surface area contributed by atoms with Crippen LogP contribution in [0.5, 0.6) is 0 Å². The summed E-state index contributed by atoms with van der Waals surface area (Å²) in [5.74, 6) is -0.690. The predicted octanol–water partition coefficient (Wildman–Crippen LogP) is 2.31. The van der Waals surface area contributed by atoms with Gasteiger partial charge >= 0.3 is 0 Å². The van der Waals surface area contributed by atoms with Crippen molar-refractivity contribution in [3.8, 4) is 17.5 Å². The Balaban J connectivity index is 1.67. The maximum atomic E-state index is 13.6. The Morgan fingerprint density at radius 2 is 2.30 bits per heavy atom. The average Bonchev–Trinajstić information content (AvgIpc) is 3.29. The van der Waals surface area contributed by atoms with Gasteiger partial charge in [0.2, 0.25) is 0 Å². The molecule has 1 amide bonds. The third-order valence-corrected chi connectivity index (χ3v) is 4.59. The lowest BCUT2D eigenvalue weighted by atomic mass is 10.1. The number of nitrogens with zero attached hydrogens (tertiary/aromatic N) is 5. The summed E-state index contributed by atoms with van der Waals surface area (Å²) in [7, 11) is 1.72. The van der Waals surface area contributed by atoms with Crippen molar-refractivity contribution in [2.45, 2.75) is 13.0 Å². The Hall–Kier alpha value is -3.84. The Kier molecular flexibility index (Phi) is 5.12. The number of hydrogen-bond acceptors (Lipinski definition) is 6. The summed E-state index contributed by atoms with van der Waals surface area (Å²) in [4.78, 5) is 24.6. The van der Waals surface area contributed by atoms with Gasteiger partial charge in [-0.05, 0) is 25.1 Å². The molecule has 0 aliphatic carbocycles. The number of H-pyrrole nitrogens is 1. The smallest absolute Gasteiger partial charge is 0.255 e. The van der Waals surface area contributed by atoms with Gasteiger partial charge in [-0.15, -0.1) is 0 Å². The van der Waals surface area contributed by atoms with Crippen molar-refractivity contribution in [1.82, 2.24) is 30.0 Å². The molecule has 9 nitrogen and oxygen atoms in total. The van der Waals surface area contributed by atoms with Crippen LogP contribution in [-0.2, 0) is 11.8 Å². The minimum atomic E-state index is -0.351. The number of hydrogen-bond donors (Lipinski definition) is 2. The van der Waals surface area contributed by atoms with Crippen molar-refractivity contribution in [2.24, 2.45) is 7.05 Å². The second kappa shape index (κ2) is 7.88. The number of nitriles is 1. The van der Waals surface area contributed by atoms with Crippen molar-refractivity contribution in [3.05, 3.63) is 42.0 Å². The highest BCUT2D eigenvalue weighted by molar-refractivity contribution is 6.05. The molecule has 1 unspecified atom stereocenters. The van der Waals surface area contributed by atoms with Crippen LogP contribution in [-0.4, -0.2) is 49.9 Å². The molecule has 0 radical (unpaired) electrons. The Morgan fingerprint density at radius 1 is 1.47 bits per heavy atom. The van der Waals surface area contributed by atoms with E-state index in [0.717, 1.165) is 5.39 Å². The first kappa shape index (κ1) is 19.5. The molecule has 0 bridgehead atoms. The van der Waals surface area contributed by atoms with Crippen LogP contribution in [0, 0.1) is 17.1 Å². The molecule has 30 heavy (non-hydrogen) atoms. The van der Waals surface area contributed by atoms with Gasteiger partial charge in [-0.25, -0.2) is 14.4 Å². The van der Waals surface area contributed by atoms with Crippen LogP contribution in [0.25, 0.3) is 33.5 Å². The Bertz CT molecular complexity index is 1290. The summed E-state index contributed by atoms with van der Waals surface area (Å²) in [6, 6.07) is 6.01. The molecule has 3 heterocycles. The summed E-state index contributed by atoms with van der Waals surface area (Å²) >= 11 is 0. The second-order valence-electron chi connectivity index (χ2n) is 6.84. The van der Waals surface area contributed by atoms with E-state index in [0.29, 0.717) is 33.6 Å². The number of fused-ring (bicyclic) bond motifs is 2. The fourth-order valence-corrected chi connectivity index (χ4v) is 3.22. The molecular weight excluding hydrogens is 389 g/mol. The zero-order valence-electron chi connectivity index (χ0n) is 16.3. The molecule has 3 aromatic heterocycles. The minimum absolute atomic E-state index is 0.0376. The van der Waals surface area contributed by atoms with E-state index in [1.165, 1.54) is 12.1 Å². The lowest BCUT2D eigenvalue weighted by molar-refractivity contribution is 0.0890. The summed E-state index contributed by atoms with van der Waals surface area (Å²) < 4.78 is 20.3. The van der Waals surface area contributed by atoms with Gasteiger partial charge in [0.25, 0.3) is 5.91 Å². The van der Waals surface area contributed by atoms with E-state index in [1.807, 2.05) is 6.07 Å². The fraction of sp³-hybridized carbons (Fsp3) is 0.250. The predicted molar refractivity (Wildman–Crippen MR) is 107 cm³/mol. The molecule has 0 saturated heterocycles. The summed E-state index contributed by atoms with van der Waals surface area (Å²) in [5.41, 5.74) is 2.84. The number of carbonyl (C=O) groups is 1. The molecule has 10 heteroatoms. The van der Waals surface area contributed by atoms with Crippen molar-refractivity contribution in [3.63, 3.8) is 0 Å². The van der Waals surface area contributed by atoms with Crippen LogP contribution in [0.1, 0.15) is 17.3 Å². The van der Waals surface area contributed by atoms with E-state index < -0.39 is 0 Å². The second-order valence-corrected chi connectivity index (χ2v) is 6.84. The van der Waals surface area contributed by atoms with E-state index in [1.54, 1.807) is 37.1 Å². The number of rotatable bonds is 6. The molecule has 152 valence electrons. The minimum Gasteiger partial charge on any atom is -0.364 e. The molecule has 4 rings (SSSR count). The normalized spacial score (nSPS) is 12.2.